The zero-order chi connectivity index (χ0) is 13.9. The molecule has 0 spiro atoms. The van der Waals surface area contributed by atoms with Gasteiger partial charge in [0.25, 0.3) is 0 Å². The van der Waals surface area contributed by atoms with Gasteiger partial charge in [-0.1, -0.05) is 24.3 Å². The number of nitrogens with zero attached hydrogens (tertiary/aromatic N) is 2. The third-order valence-corrected chi connectivity index (χ3v) is 3.07. The van der Waals surface area contributed by atoms with Crippen molar-refractivity contribution in [1.29, 1.82) is 0 Å². The lowest BCUT2D eigenvalue weighted by atomic mass is 10.1. The maximum absolute atomic E-state index is 5.92. The van der Waals surface area contributed by atoms with Crippen molar-refractivity contribution in [2.45, 2.75) is 13.0 Å². The van der Waals surface area contributed by atoms with Crippen LogP contribution in [-0.4, -0.2) is 9.97 Å². The van der Waals surface area contributed by atoms with Gasteiger partial charge in [-0.05, 0) is 25.1 Å². The van der Waals surface area contributed by atoms with E-state index in [-0.39, 0.29) is 6.04 Å². The Bertz CT molecular complexity index is 740. The number of para-hydroxylation sites is 1. The number of ether oxygens (including phenoxy) is 1. The highest BCUT2D eigenvalue weighted by atomic mass is 16.5. The van der Waals surface area contributed by atoms with E-state index in [9.17, 15) is 0 Å². The van der Waals surface area contributed by atoms with Crippen LogP contribution in [0, 0.1) is 0 Å². The summed E-state index contributed by atoms with van der Waals surface area (Å²) in [5, 5.41) is 1.03. The van der Waals surface area contributed by atoms with E-state index < -0.39 is 0 Å². The quantitative estimate of drug-likeness (QED) is 0.788. The first-order chi connectivity index (χ1) is 9.74. The van der Waals surface area contributed by atoms with Crippen molar-refractivity contribution < 1.29 is 4.74 Å². The third-order valence-electron chi connectivity index (χ3n) is 3.07. The fourth-order valence-electron chi connectivity index (χ4n) is 2.05. The normalized spacial score (nSPS) is 12.3. The molecular weight excluding hydrogens is 250 g/mol. The van der Waals surface area contributed by atoms with Gasteiger partial charge in [-0.15, -0.1) is 0 Å². The summed E-state index contributed by atoms with van der Waals surface area (Å²) in [7, 11) is 0. The van der Waals surface area contributed by atoms with Crippen LogP contribution >= 0.6 is 0 Å². The fraction of sp³-hybridized carbons (Fsp3) is 0.125. The van der Waals surface area contributed by atoms with Gasteiger partial charge in [0, 0.05) is 23.2 Å². The molecule has 4 heteroatoms. The lowest BCUT2D eigenvalue weighted by Gasteiger charge is -2.12. The van der Waals surface area contributed by atoms with Crippen molar-refractivity contribution in [3.8, 4) is 11.6 Å². The molecule has 0 aliphatic heterocycles. The van der Waals surface area contributed by atoms with Crippen molar-refractivity contribution in [2.75, 3.05) is 0 Å². The molecule has 0 aliphatic rings. The third kappa shape index (κ3) is 2.46. The Morgan fingerprint density at radius 3 is 2.80 bits per heavy atom. The van der Waals surface area contributed by atoms with E-state index >= 15 is 0 Å². The summed E-state index contributed by atoms with van der Waals surface area (Å²) < 4.78 is 5.83. The lowest BCUT2D eigenvalue weighted by Crippen LogP contribution is -2.07. The first-order valence-corrected chi connectivity index (χ1v) is 6.47. The van der Waals surface area contributed by atoms with Gasteiger partial charge < -0.3 is 10.5 Å². The van der Waals surface area contributed by atoms with E-state index in [0.29, 0.717) is 11.6 Å². The average Bonchev–Trinajstić information content (AvgIpc) is 2.47. The molecule has 4 nitrogen and oxygen atoms in total. The molecule has 0 saturated heterocycles. The minimum absolute atomic E-state index is 0.132. The van der Waals surface area contributed by atoms with Crippen LogP contribution in [-0.2, 0) is 0 Å². The Labute approximate surface area is 117 Å². The standard InChI is InChI=1S/C16H15N3O/c1-11(17)14-6-4-8-18-16(14)20-13-9-12-5-2-3-7-15(12)19-10-13/h2-11H,17H2,1H3/t11-/m1/s1. The van der Waals surface area contributed by atoms with E-state index in [1.165, 1.54) is 0 Å². The maximum atomic E-state index is 5.92. The van der Waals surface area contributed by atoms with Gasteiger partial charge in [0.2, 0.25) is 5.88 Å². The van der Waals surface area contributed by atoms with Gasteiger partial charge in [-0.3, -0.25) is 4.98 Å². The van der Waals surface area contributed by atoms with Crippen molar-refractivity contribution in [1.82, 2.24) is 9.97 Å². The number of rotatable bonds is 3. The maximum Gasteiger partial charge on any atom is 0.224 e. The molecule has 0 amide bonds. The van der Waals surface area contributed by atoms with Crippen LogP contribution in [0.25, 0.3) is 10.9 Å². The molecule has 0 aliphatic carbocycles. The Kier molecular flexibility index (Phi) is 3.31. The molecule has 0 fully saturated rings. The summed E-state index contributed by atoms with van der Waals surface area (Å²) in [4.78, 5) is 8.61. The molecule has 0 radical (unpaired) electrons. The van der Waals surface area contributed by atoms with Crippen molar-refractivity contribution >= 4 is 10.9 Å². The zero-order valence-corrected chi connectivity index (χ0v) is 11.2. The highest BCUT2D eigenvalue weighted by molar-refractivity contribution is 5.79. The summed E-state index contributed by atoms with van der Waals surface area (Å²) in [6.07, 6.45) is 3.39. The molecule has 0 unspecified atom stereocenters. The second kappa shape index (κ2) is 5.27. The number of hydrogen-bond donors (Lipinski definition) is 1. The van der Waals surface area contributed by atoms with Gasteiger partial charge in [-0.25, -0.2) is 4.98 Å². The van der Waals surface area contributed by atoms with E-state index in [4.69, 9.17) is 10.5 Å². The largest absolute Gasteiger partial charge is 0.437 e. The van der Waals surface area contributed by atoms with Crippen LogP contribution in [0.1, 0.15) is 18.5 Å². The monoisotopic (exact) mass is 265 g/mol. The molecule has 0 bridgehead atoms. The van der Waals surface area contributed by atoms with Crippen LogP contribution < -0.4 is 10.5 Å². The fourth-order valence-corrected chi connectivity index (χ4v) is 2.05. The highest BCUT2D eigenvalue weighted by Crippen LogP contribution is 2.27. The van der Waals surface area contributed by atoms with Gasteiger partial charge in [0.1, 0.15) is 5.75 Å². The SMILES string of the molecule is C[C@@H](N)c1cccnc1Oc1cnc2ccccc2c1. The number of fused-ring (bicyclic) bond motifs is 1. The number of aromatic nitrogens is 2. The van der Waals surface area contributed by atoms with Crippen LogP contribution in [0.4, 0.5) is 0 Å². The van der Waals surface area contributed by atoms with Crippen molar-refractivity contribution in [2.24, 2.45) is 5.73 Å². The molecule has 3 rings (SSSR count). The zero-order valence-electron chi connectivity index (χ0n) is 11.2. The average molecular weight is 265 g/mol. The lowest BCUT2D eigenvalue weighted by molar-refractivity contribution is 0.451. The van der Waals surface area contributed by atoms with Crippen molar-refractivity contribution in [3.05, 3.63) is 60.4 Å². The van der Waals surface area contributed by atoms with E-state index in [1.54, 1.807) is 12.4 Å². The molecule has 1 atom stereocenters. The smallest absolute Gasteiger partial charge is 0.224 e. The number of pyridine rings is 2. The topological polar surface area (TPSA) is 61.0 Å². The minimum atomic E-state index is -0.132. The first-order valence-electron chi connectivity index (χ1n) is 6.47. The predicted octanol–water partition coefficient (Wildman–Crippen LogP) is 3.44. The molecule has 3 aromatic rings. The van der Waals surface area contributed by atoms with E-state index in [1.807, 2.05) is 49.4 Å². The minimum Gasteiger partial charge on any atom is -0.437 e. The molecule has 0 saturated carbocycles. The summed E-state index contributed by atoms with van der Waals surface area (Å²) in [6.45, 7) is 1.91. The number of nitrogens with two attached hydrogens (primary N) is 1. The second-order valence-corrected chi connectivity index (χ2v) is 4.65. The van der Waals surface area contributed by atoms with Gasteiger partial charge in [0.05, 0.1) is 11.7 Å². The predicted molar refractivity (Wildman–Crippen MR) is 78.7 cm³/mol. The molecular formula is C16H15N3O. The summed E-state index contributed by atoms with van der Waals surface area (Å²) >= 11 is 0. The van der Waals surface area contributed by atoms with E-state index in [2.05, 4.69) is 9.97 Å². The molecule has 1 aromatic carbocycles. The Morgan fingerprint density at radius 1 is 1.10 bits per heavy atom. The molecule has 2 heterocycles. The van der Waals surface area contributed by atoms with E-state index in [0.717, 1.165) is 16.5 Å². The molecule has 20 heavy (non-hydrogen) atoms. The van der Waals surface area contributed by atoms with Crippen molar-refractivity contribution in [3.63, 3.8) is 0 Å². The summed E-state index contributed by atoms with van der Waals surface area (Å²) in [6, 6.07) is 13.5. The molecule has 2 N–H and O–H groups in total. The summed E-state index contributed by atoms with van der Waals surface area (Å²) in [5.74, 6) is 1.18. The number of benzene rings is 1. The first kappa shape index (κ1) is 12.6. The van der Waals surface area contributed by atoms with Gasteiger partial charge in [0.15, 0.2) is 0 Å². The molecule has 2 aromatic heterocycles. The van der Waals surface area contributed by atoms with Crippen LogP contribution in [0.5, 0.6) is 11.6 Å². The number of hydrogen-bond acceptors (Lipinski definition) is 4. The second-order valence-electron chi connectivity index (χ2n) is 4.65. The van der Waals surface area contributed by atoms with Crippen LogP contribution in [0.2, 0.25) is 0 Å². The van der Waals surface area contributed by atoms with Crippen LogP contribution in [0.15, 0.2) is 54.9 Å². The summed E-state index contributed by atoms with van der Waals surface area (Å²) in [5.41, 5.74) is 7.74. The highest BCUT2D eigenvalue weighted by Gasteiger charge is 2.10. The Balaban J connectivity index is 1.97. The van der Waals surface area contributed by atoms with Crippen LogP contribution in [0.3, 0.4) is 0 Å². The van der Waals surface area contributed by atoms with Gasteiger partial charge in [-0.2, -0.15) is 0 Å². The Morgan fingerprint density at radius 2 is 1.95 bits per heavy atom. The van der Waals surface area contributed by atoms with Gasteiger partial charge >= 0.3 is 0 Å². The Hall–Kier alpha value is -2.46. The molecule has 100 valence electrons.